The summed E-state index contributed by atoms with van der Waals surface area (Å²) in [7, 11) is 0. The van der Waals surface area contributed by atoms with Crippen molar-refractivity contribution in [3.05, 3.63) is 76.4 Å². The minimum atomic E-state index is -1.41. The molecule has 28 heavy (non-hydrogen) atoms. The number of rotatable bonds is 8. The highest BCUT2D eigenvalue weighted by atomic mass is 16.5. The maximum absolute atomic E-state index is 9.97. The largest absolute Gasteiger partial charge is 0.389 e. The van der Waals surface area contributed by atoms with Gasteiger partial charge in [-0.2, -0.15) is 0 Å². The van der Waals surface area contributed by atoms with Crippen molar-refractivity contribution >= 4 is 6.08 Å². The molecule has 0 heterocycles. The Kier molecular flexibility index (Phi) is 7.59. The second-order valence-corrected chi connectivity index (χ2v) is 8.66. The minimum absolute atomic E-state index is 0.0274. The van der Waals surface area contributed by atoms with E-state index in [2.05, 4.69) is 39.0 Å². The zero-order valence-corrected chi connectivity index (χ0v) is 17.7. The topological polar surface area (TPSA) is 60.7 Å². The van der Waals surface area contributed by atoms with E-state index in [0.717, 1.165) is 18.4 Å². The van der Waals surface area contributed by atoms with E-state index < -0.39 is 12.4 Å². The first-order valence-corrected chi connectivity index (χ1v) is 10.0. The van der Waals surface area contributed by atoms with Crippen LogP contribution in [0.4, 0.5) is 0 Å². The molecule has 1 unspecified atom stereocenters. The molecule has 0 saturated carbocycles. The molecule has 152 valence electrons. The Morgan fingerprint density at radius 2 is 1.61 bits per heavy atom. The maximum atomic E-state index is 9.97. The minimum Gasteiger partial charge on any atom is -0.389 e. The fraction of sp³-hybridized carbons (Fsp3) is 0.440. The first kappa shape index (κ1) is 22.4. The maximum Gasteiger partial charge on any atom is 0.178 e. The van der Waals surface area contributed by atoms with Gasteiger partial charge in [0.2, 0.25) is 0 Å². The molecule has 0 fully saturated rings. The van der Waals surface area contributed by atoms with Gasteiger partial charge in [0, 0.05) is 5.56 Å². The van der Waals surface area contributed by atoms with Crippen LogP contribution in [-0.2, 0) is 11.8 Å². The molecule has 2 aromatic carbocycles. The molecular weight excluding hydrogens is 348 g/mol. The van der Waals surface area contributed by atoms with Crippen LogP contribution in [0.2, 0.25) is 0 Å². The third-order valence-corrected chi connectivity index (χ3v) is 5.52. The molecule has 3 nitrogen and oxygen atoms in total. The highest BCUT2D eigenvalue weighted by Gasteiger charge is 2.21. The van der Waals surface area contributed by atoms with E-state index in [9.17, 15) is 15.3 Å². The van der Waals surface area contributed by atoms with E-state index in [1.165, 1.54) is 16.7 Å². The lowest BCUT2D eigenvalue weighted by atomic mass is 9.78. The predicted molar refractivity (Wildman–Crippen MR) is 116 cm³/mol. The summed E-state index contributed by atoms with van der Waals surface area (Å²) in [6.45, 7) is 10.6. The third-order valence-electron chi connectivity index (χ3n) is 5.52. The summed E-state index contributed by atoms with van der Waals surface area (Å²) in [6.07, 6.45) is 3.96. The SMILES string of the molecule is Cc1cc(C(C)(C)CCc2ccc(C(O)O)cc2)ccc1C=CC(O)C(C)C. The van der Waals surface area contributed by atoms with Gasteiger partial charge in [0.15, 0.2) is 6.29 Å². The number of aliphatic hydroxyl groups excluding tert-OH is 2. The zero-order valence-electron chi connectivity index (χ0n) is 17.7. The highest BCUT2D eigenvalue weighted by molar-refractivity contribution is 5.55. The molecule has 1 atom stereocenters. The average Bonchev–Trinajstić information content (AvgIpc) is 2.65. The molecule has 3 heteroatoms. The molecule has 0 radical (unpaired) electrons. The Morgan fingerprint density at radius 1 is 0.964 bits per heavy atom. The van der Waals surface area contributed by atoms with Gasteiger partial charge in [-0.15, -0.1) is 0 Å². The van der Waals surface area contributed by atoms with Gasteiger partial charge >= 0.3 is 0 Å². The summed E-state index contributed by atoms with van der Waals surface area (Å²) < 4.78 is 0. The molecule has 2 rings (SSSR count). The van der Waals surface area contributed by atoms with Crippen LogP contribution < -0.4 is 0 Å². The second-order valence-electron chi connectivity index (χ2n) is 8.66. The van der Waals surface area contributed by atoms with Gasteiger partial charge in [-0.25, -0.2) is 0 Å². The van der Waals surface area contributed by atoms with Gasteiger partial charge in [0.1, 0.15) is 0 Å². The van der Waals surface area contributed by atoms with Crippen molar-refractivity contribution in [1.29, 1.82) is 0 Å². The Morgan fingerprint density at radius 3 is 2.14 bits per heavy atom. The van der Waals surface area contributed by atoms with Crippen molar-refractivity contribution in [3.8, 4) is 0 Å². The molecule has 0 bridgehead atoms. The number of aryl methyl sites for hydroxylation is 2. The lowest BCUT2D eigenvalue weighted by Gasteiger charge is -2.26. The van der Waals surface area contributed by atoms with Crippen LogP contribution in [-0.4, -0.2) is 21.4 Å². The molecule has 2 aromatic rings. The average molecular weight is 383 g/mol. The summed E-state index contributed by atoms with van der Waals surface area (Å²) in [5.74, 6) is 0.212. The Balaban J connectivity index is 2.07. The van der Waals surface area contributed by atoms with Crippen molar-refractivity contribution in [2.75, 3.05) is 0 Å². The fourth-order valence-electron chi connectivity index (χ4n) is 3.17. The number of hydrogen-bond acceptors (Lipinski definition) is 3. The summed E-state index contributed by atoms with van der Waals surface area (Å²) >= 11 is 0. The summed E-state index contributed by atoms with van der Waals surface area (Å²) in [5, 5.41) is 28.4. The first-order chi connectivity index (χ1) is 13.1. The van der Waals surface area contributed by atoms with Crippen LogP contribution in [0.5, 0.6) is 0 Å². The number of hydrogen-bond donors (Lipinski definition) is 3. The monoisotopic (exact) mass is 382 g/mol. The van der Waals surface area contributed by atoms with Gasteiger partial charge in [0.25, 0.3) is 0 Å². The van der Waals surface area contributed by atoms with Crippen LogP contribution >= 0.6 is 0 Å². The first-order valence-electron chi connectivity index (χ1n) is 10.0. The van der Waals surface area contributed by atoms with Gasteiger partial charge in [-0.3, -0.25) is 0 Å². The summed E-state index contributed by atoms with van der Waals surface area (Å²) in [6, 6.07) is 14.0. The van der Waals surface area contributed by atoms with Crippen molar-refractivity contribution < 1.29 is 15.3 Å². The van der Waals surface area contributed by atoms with Gasteiger partial charge in [-0.1, -0.05) is 82.3 Å². The molecule has 0 aromatic heterocycles. The highest BCUT2D eigenvalue weighted by Crippen LogP contribution is 2.30. The fourth-order valence-corrected chi connectivity index (χ4v) is 3.17. The van der Waals surface area contributed by atoms with Crippen LogP contribution in [0, 0.1) is 12.8 Å². The molecule has 0 saturated heterocycles. The summed E-state index contributed by atoms with van der Waals surface area (Å²) in [5.41, 5.74) is 5.38. The molecule has 0 aliphatic carbocycles. The smallest absolute Gasteiger partial charge is 0.178 e. The van der Waals surface area contributed by atoms with Crippen molar-refractivity contribution in [3.63, 3.8) is 0 Å². The molecule has 0 aliphatic rings. The van der Waals surface area contributed by atoms with Crippen molar-refractivity contribution in [2.24, 2.45) is 5.92 Å². The van der Waals surface area contributed by atoms with E-state index >= 15 is 0 Å². The third kappa shape index (κ3) is 6.03. The Labute approximate surface area is 169 Å². The lowest BCUT2D eigenvalue weighted by Crippen LogP contribution is -2.18. The van der Waals surface area contributed by atoms with Crippen LogP contribution in [0.25, 0.3) is 6.08 Å². The molecule has 0 amide bonds. The van der Waals surface area contributed by atoms with E-state index in [4.69, 9.17) is 0 Å². The van der Waals surface area contributed by atoms with Crippen molar-refractivity contribution in [1.82, 2.24) is 0 Å². The van der Waals surface area contributed by atoms with Crippen LogP contribution in [0.1, 0.15) is 68.2 Å². The van der Waals surface area contributed by atoms with Gasteiger partial charge < -0.3 is 15.3 Å². The molecule has 3 N–H and O–H groups in total. The molecule has 0 spiro atoms. The predicted octanol–water partition coefficient (Wildman–Crippen LogP) is 4.92. The van der Waals surface area contributed by atoms with Gasteiger partial charge in [-0.05, 0) is 53.4 Å². The van der Waals surface area contributed by atoms with E-state index in [-0.39, 0.29) is 11.3 Å². The van der Waals surface area contributed by atoms with Gasteiger partial charge in [0.05, 0.1) is 6.10 Å². The molecule has 0 aliphatic heterocycles. The normalized spacial score (nSPS) is 13.6. The standard InChI is InChI=1S/C25H34O3/c1-17(2)23(26)13-11-20-10-12-22(16-18(20)3)25(4,5)15-14-19-6-8-21(9-7-19)24(27)28/h6-13,16-17,23-24,26-28H,14-15H2,1-5H3. The van der Waals surface area contributed by atoms with E-state index in [0.29, 0.717) is 5.56 Å². The number of aliphatic hydroxyl groups is 3. The van der Waals surface area contributed by atoms with Crippen LogP contribution in [0.15, 0.2) is 48.5 Å². The second kappa shape index (κ2) is 9.51. The quantitative estimate of drug-likeness (QED) is 0.568. The lowest BCUT2D eigenvalue weighted by molar-refractivity contribution is -0.0424. The molecular formula is C25H34O3. The summed E-state index contributed by atoms with van der Waals surface area (Å²) in [4.78, 5) is 0. The Bertz CT molecular complexity index is 786. The van der Waals surface area contributed by atoms with Crippen molar-refractivity contribution in [2.45, 2.75) is 65.3 Å². The van der Waals surface area contributed by atoms with Crippen LogP contribution in [0.3, 0.4) is 0 Å². The van der Waals surface area contributed by atoms with E-state index in [1.54, 1.807) is 12.1 Å². The number of benzene rings is 2. The Hall–Kier alpha value is -1.94. The van der Waals surface area contributed by atoms with E-state index in [1.807, 2.05) is 38.1 Å². The zero-order chi connectivity index (χ0) is 20.9.